The molecule has 150 valence electrons. The van der Waals surface area contributed by atoms with E-state index in [1.807, 2.05) is 0 Å². The summed E-state index contributed by atoms with van der Waals surface area (Å²) in [6, 6.07) is 22.9. The zero-order valence-electron chi connectivity index (χ0n) is 18.0. The molecular weight excluding hydrogens is 366 g/mol. The van der Waals surface area contributed by atoms with Crippen molar-refractivity contribution in [1.82, 2.24) is 4.40 Å². The third-order valence-electron chi connectivity index (χ3n) is 6.72. The lowest BCUT2D eigenvalue weighted by atomic mass is 9.86. The maximum absolute atomic E-state index is 2.51. The summed E-state index contributed by atoms with van der Waals surface area (Å²) < 4.78 is 4.73. The fraction of sp³-hybridized carbons (Fsp3) is 0.296. The first-order chi connectivity index (χ1) is 14.5. The highest BCUT2D eigenvalue weighted by Gasteiger charge is 2.20. The first kappa shape index (κ1) is 17.8. The molecule has 3 aromatic heterocycles. The second-order valence-electron chi connectivity index (χ2n) is 9.75. The first-order valence-electron chi connectivity index (χ1n) is 11.1. The van der Waals surface area contributed by atoms with Gasteiger partial charge in [-0.25, -0.2) is 0 Å². The van der Waals surface area contributed by atoms with E-state index in [1.54, 1.807) is 0 Å². The van der Waals surface area contributed by atoms with Gasteiger partial charge in [-0.1, -0.05) is 26.8 Å². The number of benzene rings is 2. The molecule has 1 aliphatic heterocycles. The predicted octanol–water partition coefficient (Wildman–Crippen LogP) is 5.88. The van der Waals surface area contributed by atoms with Crippen molar-refractivity contribution in [3.8, 4) is 0 Å². The smallest absolute Gasteiger partial charge is 0.292 e. The molecule has 0 amide bonds. The molecule has 3 nitrogen and oxygen atoms in total. The number of fused-ring (bicyclic) bond motifs is 7. The highest BCUT2D eigenvalue weighted by molar-refractivity contribution is 5.88. The SMILES string of the molecule is CC(C)(C)c1ccc2c(ccc3n4c(ccc5cc(N6CCCC6)ccc54)c[n+]23)c1. The Hall–Kier alpha value is -3.07. The largest absolute Gasteiger partial charge is 0.372 e. The Bertz CT molecular complexity index is 1430. The van der Waals surface area contributed by atoms with E-state index in [4.69, 9.17) is 0 Å². The lowest BCUT2D eigenvalue weighted by molar-refractivity contribution is -0.479. The zero-order valence-corrected chi connectivity index (χ0v) is 18.0. The minimum atomic E-state index is 0.155. The topological polar surface area (TPSA) is 11.8 Å². The molecule has 0 saturated carbocycles. The van der Waals surface area contributed by atoms with Crippen LogP contribution in [0.5, 0.6) is 0 Å². The highest BCUT2D eigenvalue weighted by Crippen LogP contribution is 2.28. The molecule has 0 atom stereocenters. The normalized spacial score (nSPS) is 15.2. The predicted molar refractivity (Wildman–Crippen MR) is 126 cm³/mol. The number of pyridine rings is 2. The van der Waals surface area contributed by atoms with Gasteiger partial charge in [0.1, 0.15) is 17.2 Å². The van der Waals surface area contributed by atoms with Crippen LogP contribution in [0.15, 0.2) is 66.9 Å². The van der Waals surface area contributed by atoms with Gasteiger partial charge in [0.15, 0.2) is 5.52 Å². The molecule has 30 heavy (non-hydrogen) atoms. The van der Waals surface area contributed by atoms with Crippen molar-refractivity contribution in [3.05, 3.63) is 72.4 Å². The van der Waals surface area contributed by atoms with Gasteiger partial charge in [0.2, 0.25) is 0 Å². The van der Waals surface area contributed by atoms with Gasteiger partial charge in [-0.15, -0.1) is 0 Å². The van der Waals surface area contributed by atoms with Crippen LogP contribution in [0.2, 0.25) is 0 Å². The van der Waals surface area contributed by atoms with Crippen LogP contribution in [0.4, 0.5) is 5.69 Å². The average Bonchev–Trinajstić information content (AvgIpc) is 3.40. The van der Waals surface area contributed by atoms with Crippen LogP contribution in [0.1, 0.15) is 39.2 Å². The Kier molecular flexibility index (Phi) is 3.68. The quantitative estimate of drug-likeness (QED) is 0.323. The molecule has 0 N–H and O–H groups in total. The summed E-state index contributed by atoms with van der Waals surface area (Å²) in [6.07, 6.45) is 4.88. The summed E-state index contributed by atoms with van der Waals surface area (Å²) in [5.74, 6) is 0. The second-order valence-corrected chi connectivity index (χ2v) is 9.75. The number of hydrogen-bond donors (Lipinski definition) is 0. The average molecular weight is 395 g/mol. The Morgan fingerprint density at radius 1 is 0.800 bits per heavy atom. The molecule has 5 aromatic rings. The molecule has 3 heteroatoms. The summed E-state index contributed by atoms with van der Waals surface area (Å²) >= 11 is 0. The van der Waals surface area contributed by atoms with Crippen molar-refractivity contribution < 1.29 is 4.40 Å². The lowest BCUT2D eigenvalue weighted by Crippen LogP contribution is -2.20. The molecular formula is C27H28N3+. The van der Waals surface area contributed by atoms with E-state index >= 15 is 0 Å². The maximum Gasteiger partial charge on any atom is 0.292 e. The van der Waals surface area contributed by atoms with Gasteiger partial charge in [-0.3, -0.25) is 0 Å². The van der Waals surface area contributed by atoms with Crippen molar-refractivity contribution in [3.63, 3.8) is 0 Å². The monoisotopic (exact) mass is 394 g/mol. The molecule has 1 aliphatic rings. The van der Waals surface area contributed by atoms with Crippen molar-refractivity contribution in [1.29, 1.82) is 0 Å². The molecule has 0 aliphatic carbocycles. The molecule has 4 heterocycles. The number of aromatic nitrogens is 2. The summed E-state index contributed by atoms with van der Waals surface area (Å²) in [4.78, 5) is 2.51. The highest BCUT2D eigenvalue weighted by atomic mass is 15.1. The van der Waals surface area contributed by atoms with Crippen LogP contribution in [0.25, 0.3) is 33.0 Å². The van der Waals surface area contributed by atoms with Gasteiger partial charge in [0.25, 0.3) is 5.65 Å². The van der Waals surface area contributed by atoms with E-state index in [9.17, 15) is 0 Å². The van der Waals surface area contributed by atoms with Crippen LogP contribution in [-0.4, -0.2) is 17.5 Å². The van der Waals surface area contributed by atoms with E-state index in [1.165, 1.54) is 70.2 Å². The van der Waals surface area contributed by atoms with E-state index in [-0.39, 0.29) is 5.41 Å². The van der Waals surface area contributed by atoms with Crippen LogP contribution < -0.4 is 9.30 Å². The summed E-state index contributed by atoms with van der Waals surface area (Å²) in [7, 11) is 0. The minimum absolute atomic E-state index is 0.155. The van der Waals surface area contributed by atoms with Crippen molar-refractivity contribution in [2.24, 2.45) is 0 Å². The number of anilines is 1. The van der Waals surface area contributed by atoms with Crippen molar-refractivity contribution in [2.75, 3.05) is 18.0 Å². The Labute approximate surface area is 177 Å². The molecule has 6 rings (SSSR count). The minimum Gasteiger partial charge on any atom is -0.372 e. The number of imidazole rings is 1. The Morgan fingerprint density at radius 2 is 1.60 bits per heavy atom. The lowest BCUT2D eigenvalue weighted by Gasteiger charge is -2.19. The molecule has 1 saturated heterocycles. The Morgan fingerprint density at radius 3 is 2.40 bits per heavy atom. The van der Waals surface area contributed by atoms with Gasteiger partial charge in [-0.2, -0.15) is 8.80 Å². The maximum atomic E-state index is 2.51. The third kappa shape index (κ3) is 2.61. The van der Waals surface area contributed by atoms with Crippen molar-refractivity contribution >= 4 is 38.7 Å². The molecule has 0 spiro atoms. The summed E-state index contributed by atoms with van der Waals surface area (Å²) in [5.41, 5.74) is 7.84. The second kappa shape index (κ2) is 6.21. The van der Waals surface area contributed by atoms with E-state index < -0.39 is 0 Å². The third-order valence-corrected chi connectivity index (χ3v) is 6.72. The molecule has 1 fully saturated rings. The fourth-order valence-electron chi connectivity index (χ4n) is 4.99. The summed E-state index contributed by atoms with van der Waals surface area (Å²) in [6.45, 7) is 9.18. The van der Waals surface area contributed by atoms with Gasteiger partial charge < -0.3 is 4.90 Å². The Balaban J connectivity index is 1.59. The van der Waals surface area contributed by atoms with Crippen LogP contribution in [-0.2, 0) is 5.41 Å². The van der Waals surface area contributed by atoms with Gasteiger partial charge in [-0.05, 0) is 72.4 Å². The molecule has 2 aromatic carbocycles. The van der Waals surface area contributed by atoms with E-state index in [2.05, 4.69) is 101 Å². The molecule has 0 bridgehead atoms. The van der Waals surface area contributed by atoms with E-state index in [0.29, 0.717) is 0 Å². The molecule has 0 radical (unpaired) electrons. The van der Waals surface area contributed by atoms with Crippen LogP contribution in [0, 0.1) is 0 Å². The van der Waals surface area contributed by atoms with Gasteiger partial charge in [0.05, 0.1) is 0 Å². The number of rotatable bonds is 1. The summed E-state index contributed by atoms with van der Waals surface area (Å²) in [5, 5.41) is 2.59. The van der Waals surface area contributed by atoms with Gasteiger partial charge >= 0.3 is 0 Å². The first-order valence-corrected chi connectivity index (χ1v) is 11.1. The van der Waals surface area contributed by atoms with Crippen LogP contribution >= 0.6 is 0 Å². The fourth-order valence-corrected chi connectivity index (χ4v) is 4.99. The molecule has 0 unspecified atom stereocenters. The van der Waals surface area contributed by atoms with Gasteiger partial charge in [0, 0.05) is 35.6 Å². The number of hydrogen-bond acceptors (Lipinski definition) is 1. The van der Waals surface area contributed by atoms with Crippen molar-refractivity contribution in [2.45, 2.75) is 39.0 Å². The number of nitrogens with zero attached hydrogens (tertiary/aromatic N) is 3. The zero-order chi connectivity index (χ0) is 20.5. The van der Waals surface area contributed by atoms with E-state index in [0.717, 1.165) is 0 Å². The standard InChI is InChI=1S/C27H28N3/c1-27(2,3)21-8-11-24-19(16-21)7-13-26-29(24)18-23-9-6-20-17-22(28-14-4-5-15-28)10-12-25(20)30(23)26/h6-13,16-18H,4-5,14-15H2,1-3H3/q+1. The van der Waals surface area contributed by atoms with Crippen LogP contribution in [0.3, 0.4) is 0 Å².